The Hall–Kier alpha value is -4.50. The highest BCUT2D eigenvalue weighted by atomic mass is 32.1. The number of hydrogen-bond acceptors (Lipinski definition) is 6. The molecule has 0 radical (unpaired) electrons. The van der Waals surface area contributed by atoms with Gasteiger partial charge in [-0.2, -0.15) is 0 Å². The highest BCUT2D eigenvalue weighted by molar-refractivity contribution is 7.20. The van der Waals surface area contributed by atoms with E-state index in [0.29, 0.717) is 0 Å². The molecule has 3 amide bonds. The zero-order chi connectivity index (χ0) is 26.2. The minimum atomic E-state index is -0.254. The average Bonchev–Trinajstić information content (AvgIpc) is 3.54. The highest BCUT2D eigenvalue weighted by Gasteiger charge is 2.33. The van der Waals surface area contributed by atoms with Crippen LogP contribution in [-0.2, 0) is 4.79 Å². The zero-order valence-electron chi connectivity index (χ0n) is 20.6. The summed E-state index contributed by atoms with van der Waals surface area (Å²) in [4.78, 5) is 37.6. The van der Waals surface area contributed by atoms with Crippen molar-refractivity contribution in [3.05, 3.63) is 85.0 Å². The van der Waals surface area contributed by atoms with Crippen LogP contribution in [0.25, 0.3) is 27.2 Å². The van der Waals surface area contributed by atoms with Crippen molar-refractivity contribution in [3.63, 3.8) is 0 Å². The smallest absolute Gasteiger partial charge is 0.331 e. The molecule has 3 N–H and O–H groups in total. The number of urea groups is 1. The molecule has 0 bridgehead atoms. The molecule has 4 heterocycles. The van der Waals surface area contributed by atoms with E-state index in [9.17, 15) is 9.59 Å². The van der Waals surface area contributed by atoms with Crippen molar-refractivity contribution < 1.29 is 9.59 Å². The SMILES string of the molecule is C=CC(=O)N[C@H]1CC[C@@H](NC(=C)c2sc3nccc4c3c2NC(=O)N4c2ccnc(-c3ccccc3)c2)C1. The van der Waals surface area contributed by atoms with Gasteiger partial charge in [-0.1, -0.05) is 43.5 Å². The lowest BCUT2D eigenvalue weighted by Crippen LogP contribution is -2.34. The summed E-state index contributed by atoms with van der Waals surface area (Å²) in [7, 11) is 0. The topological polar surface area (TPSA) is 99.2 Å². The number of hydrogen-bond donors (Lipinski definition) is 3. The maximum Gasteiger partial charge on any atom is 0.331 e. The Kier molecular flexibility index (Phi) is 6.13. The third kappa shape index (κ3) is 4.31. The van der Waals surface area contributed by atoms with E-state index >= 15 is 0 Å². The van der Waals surface area contributed by atoms with Crippen LogP contribution < -0.4 is 20.9 Å². The van der Waals surface area contributed by atoms with Crippen LogP contribution in [0.5, 0.6) is 0 Å². The van der Waals surface area contributed by atoms with E-state index in [1.807, 2.05) is 48.5 Å². The molecule has 4 aromatic rings. The molecular formula is C29H26N6O2S. The molecule has 6 rings (SSSR count). The Morgan fingerprint density at radius 1 is 1.08 bits per heavy atom. The van der Waals surface area contributed by atoms with Gasteiger partial charge in [0.25, 0.3) is 0 Å². The van der Waals surface area contributed by atoms with Gasteiger partial charge in [-0.25, -0.2) is 9.78 Å². The van der Waals surface area contributed by atoms with Gasteiger partial charge in [0.05, 0.1) is 33.0 Å². The first-order valence-corrected chi connectivity index (χ1v) is 13.3. The van der Waals surface area contributed by atoms with E-state index in [4.69, 9.17) is 0 Å². The van der Waals surface area contributed by atoms with Crippen LogP contribution in [0, 0.1) is 0 Å². The number of rotatable bonds is 7. The summed E-state index contributed by atoms with van der Waals surface area (Å²) < 4.78 is 0. The molecule has 1 aliphatic heterocycles. The lowest BCUT2D eigenvalue weighted by atomic mass is 10.1. The van der Waals surface area contributed by atoms with Crippen molar-refractivity contribution in [2.24, 2.45) is 0 Å². The summed E-state index contributed by atoms with van der Waals surface area (Å²) in [5.41, 5.74) is 4.71. The Balaban J connectivity index is 1.30. The molecule has 2 atom stereocenters. The van der Waals surface area contributed by atoms with Gasteiger partial charge in [0.2, 0.25) is 5.91 Å². The number of carbonyl (C=O) groups excluding carboxylic acids is 2. The lowest BCUT2D eigenvalue weighted by molar-refractivity contribution is -0.117. The van der Waals surface area contributed by atoms with Gasteiger partial charge < -0.3 is 16.0 Å². The summed E-state index contributed by atoms with van der Waals surface area (Å²) in [5, 5.41) is 10.5. The molecule has 3 aromatic heterocycles. The highest BCUT2D eigenvalue weighted by Crippen LogP contribution is 2.47. The summed E-state index contributed by atoms with van der Waals surface area (Å²) >= 11 is 1.50. The summed E-state index contributed by atoms with van der Waals surface area (Å²) in [6.07, 6.45) is 7.35. The predicted molar refractivity (Wildman–Crippen MR) is 152 cm³/mol. The molecule has 1 saturated carbocycles. The number of amides is 3. The first-order chi connectivity index (χ1) is 18.5. The van der Waals surface area contributed by atoms with E-state index in [-0.39, 0.29) is 24.0 Å². The lowest BCUT2D eigenvalue weighted by Gasteiger charge is -2.29. The van der Waals surface area contributed by atoms with Crippen LogP contribution in [0.15, 0.2) is 80.2 Å². The molecular weight excluding hydrogens is 496 g/mol. The molecule has 9 heteroatoms. The average molecular weight is 523 g/mol. The molecule has 190 valence electrons. The largest absolute Gasteiger partial charge is 0.382 e. The van der Waals surface area contributed by atoms with Crippen LogP contribution in [-0.4, -0.2) is 34.0 Å². The minimum absolute atomic E-state index is 0.106. The normalized spacial score (nSPS) is 18.2. The maximum absolute atomic E-state index is 13.5. The van der Waals surface area contributed by atoms with Crippen LogP contribution in [0.2, 0.25) is 0 Å². The van der Waals surface area contributed by atoms with Crippen LogP contribution >= 0.6 is 11.3 Å². The van der Waals surface area contributed by atoms with E-state index in [0.717, 1.165) is 68.4 Å². The van der Waals surface area contributed by atoms with Gasteiger partial charge >= 0.3 is 6.03 Å². The second-order valence-corrected chi connectivity index (χ2v) is 10.4. The molecule has 1 aromatic carbocycles. The Bertz CT molecular complexity index is 1580. The number of pyridine rings is 2. The third-order valence-electron chi connectivity index (χ3n) is 6.93. The van der Waals surface area contributed by atoms with Crippen molar-refractivity contribution in [2.75, 3.05) is 10.2 Å². The predicted octanol–water partition coefficient (Wildman–Crippen LogP) is 5.83. The fourth-order valence-electron chi connectivity index (χ4n) is 5.19. The Labute approximate surface area is 224 Å². The molecule has 0 unspecified atom stereocenters. The molecule has 2 aliphatic rings. The summed E-state index contributed by atoms with van der Waals surface area (Å²) in [5.74, 6) is -0.153. The van der Waals surface area contributed by atoms with Crippen molar-refractivity contribution in [1.82, 2.24) is 20.6 Å². The van der Waals surface area contributed by atoms with Gasteiger partial charge in [-0.05, 0) is 43.5 Å². The van der Waals surface area contributed by atoms with E-state index in [1.54, 1.807) is 17.3 Å². The van der Waals surface area contributed by atoms with Crippen LogP contribution in [0.4, 0.5) is 21.9 Å². The monoisotopic (exact) mass is 522 g/mol. The summed E-state index contributed by atoms with van der Waals surface area (Å²) in [6.45, 7) is 7.81. The Morgan fingerprint density at radius 3 is 2.63 bits per heavy atom. The van der Waals surface area contributed by atoms with Gasteiger partial charge in [0, 0.05) is 35.7 Å². The van der Waals surface area contributed by atoms with Crippen molar-refractivity contribution in [1.29, 1.82) is 0 Å². The molecule has 1 fully saturated rings. The fraction of sp³-hybridized carbons (Fsp3) is 0.172. The zero-order valence-corrected chi connectivity index (χ0v) is 21.4. The minimum Gasteiger partial charge on any atom is -0.382 e. The summed E-state index contributed by atoms with van der Waals surface area (Å²) in [6, 6.07) is 15.5. The first kappa shape index (κ1) is 23.9. The molecule has 0 spiro atoms. The standard InChI is InChI=1S/C29H26N6O2S/c1-3-24(36)33-20-10-9-19(15-20)32-17(2)27-26-25-23(12-14-31-28(25)38-27)35(29(37)34-26)21-11-13-30-22(16-21)18-7-5-4-6-8-18/h3-8,11-14,16,19-20,32H,1-2,9-10,15H2,(H,33,36)(H,34,37)/t19-,20+/m1/s1. The van der Waals surface area contributed by atoms with E-state index in [1.165, 1.54) is 17.4 Å². The molecule has 38 heavy (non-hydrogen) atoms. The number of thiophene rings is 1. The second kappa shape index (κ2) is 9.75. The maximum atomic E-state index is 13.5. The number of carbonyl (C=O) groups is 2. The van der Waals surface area contributed by atoms with Crippen LogP contribution in [0.1, 0.15) is 24.1 Å². The number of anilines is 3. The number of nitrogens with zero attached hydrogens (tertiary/aromatic N) is 3. The number of aromatic nitrogens is 2. The van der Waals surface area contributed by atoms with Crippen LogP contribution in [0.3, 0.4) is 0 Å². The fourth-order valence-corrected chi connectivity index (χ4v) is 6.25. The number of benzene rings is 1. The van der Waals surface area contributed by atoms with Crippen molar-refractivity contribution in [3.8, 4) is 11.3 Å². The third-order valence-corrected chi connectivity index (χ3v) is 8.09. The number of nitrogens with one attached hydrogen (secondary N) is 3. The van der Waals surface area contributed by atoms with Gasteiger partial charge in [-0.3, -0.25) is 14.7 Å². The van der Waals surface area contributed by atoms with Gasteiger partial charge in [0.1, 0.15) is 4.83 Å². The van der Waals surface area contributed by atoms with E-state index in [2.05, 4.69) is 39.1 Å². The molecule has 1 aliphatic carbocycles. The van der Waals surface area contributed by atoms with E-state index < -0.39 is 0 Å². The molecule has 0 saturated heterocycles. The Morgan fingerprint density at radius 2 is 1.84 bits per heavy atom. The van der Waals surface area contributed by atoms with Gasteiger partial charge in [0.15, 0.2) is 0 Å². The first-order valence-electron chi connectivity index (χ1n) is 12.4. The quantitative estimate of drug-likeness (QED) is 0.266. The van der Waals surface area contributed by atoms with Gasteiger partial charge in [-0.15, -0.1) is 11.3 Å². The van der Waals surface area contributed by atoms with Crippen molar-refractivity contribution >= 4 is 56.3 Å². The second-order valence-electron chi connectivity index (χ2n) is 9.39. The van der Waals surface area contributed by atoms with Crippen molar-refractivity contribution in [2.45, 2.75) is 31.3 Å². The molecule has 8 nitrogen and oxygen atoms in total.